The molecule has 1 saturated carbocycles. The summed E-state index contributed by atoms with van der Waals surface area (Å²) in [4.78, 5) is 21.0. The van der Waals surface area contributed by atoms with Crippen molar-refractivity contribution in [2.45, 2.75) is 38.1 Å². The molecule has 0 saturated heterocycles. The highest BCUT2D eigenvalue weighted by molar-refractivity contribution is 6.10. The van der Waals surface area contributed by atoms with Crippen molar-refractivity contribution in [2.24, 2.45) is 5.92 Å². The van der Waals surface area contributed by atoms with Crippen molar-refractivity contribution in [3.63, 3.8) is 0 Å². The minimum atomic E-state index is -0.992. The second-order valence-electron chi connectivity index (χ2n) is 7.67. The van der Waals surface area contributed by atoms with Gasteiger partial charge in [0.1, 0.15) is 23.9 Å². The van der Waals surface area contributed by atoms with Crippen LogP contribution in [0, 0.1) is 17.6 Å². The number of benzene rings is 1. The summed E-state index contributed by atoms with van der Waals surface area (Å²) in [6.45, 7) is 1.78. The van der Waals surface area contributed by atoms with E-state index < -0.39 is 35.7 Å². The van der Waals surface area contributed by atoms with Crippen molar-refractivity contribution in [1.82, 2.24) is 19.7 Å². The first-order valence-corrected chi connectivity index (χ1v) is 9.79. The normalized spacial score (nSPS) is 23.1. The van der Waals surface area contributed by atoms with E-state index in [2.05, 4.69) is 20.4 Å². The lowest BCUT2D eigenvalue weighted by molar-refractivity contribution is 0.0210. The molecular weight excluding hydrogens is 408 g/mol. The largest absolute Gasteiger partial charge is 0.390 e. The van der Waals surface area contributed by atoms with Gasteiger partial charge in [0.15, 0.2) is 11.6 Å². The van der Waals surface area contributed by atoms with Crippen LogP contribution in [0.4, 0.5) is 14.6 Å². The van der Waals surface area contributed by atoms with Gasteiger partial charge >= 0.3 is 0 Å². The van der Waals surface area contributed by atoms with E-state index in [1.165, 1.54) is 41.6 Å². The molecule has 2 aromatic heterocycles. The molecule has 1 aliphatic carbocycles. The Morgan fingerprint density at radius 3 is 2.81 bits per heavy atom. The molecule has 8 nitrogen and oxygen atoms in total. The summed E-state index contributed by atoms with van der Waals surface area (Å²) in [5.41, 5.74) is 0.330. The van der Waals surface area contributed by atoms with E-state index in [9.17, 15) is 23.8 Å². The van der Waals surface area contributed by atoms with Crippen LogP contribution >= 0.6 is 0 Å². The molecule has 2 heterocycles. The number of aliphatic hydroxyl groups excluding tert-OH is 2. The lowest BCUT2D eigenvalue weighted by atomic mass is 10.1. The Kier molecular flexibility index (Phi) is 5.75. The molecule has 4 atom stereocenters. The standard InChI is InChI=1S/C21H21F2N5O3/c1-11-7-16(20(31)18(11)29)26-21-13(8-24-10-25-21)19(30)15-5-6-28(27-15)9-12-3-2-4-14(22)17(12)23/h2-6,8,10-11,16,18,20,29,31H,7,9H2,1H3,(H,24,25,26)/t11-,16-,18-,20+/m1/s1. The fourth-order valence-electron chi connectivity index (χ4n) is 3.74. The Labute approximate surface area is 176 Å². The number of halogens is 2. The van der Waals surface area contributed by atoms with E-state index in [1.54, 1.807) is 0 Å². The Balaban J connectivity index is 1.54. The summed E-state index contributed by atoms with van der Waals surface area (Å²) in [5.74, 6) is -2.27. The second kappa shape index (κ2) is 8.48. The molecule has 0 spiro atoms. The predicted octanol–water partition coefficient (Wildman–Crippen LogP) is 1.77. The molecule has 0 unspecified atom stereocenters. The lowest BCUT2D eigenvalue weighted by Gasteiger charge is -2.19. The topological polar surface area (TPSA) is 113 Å². The van der Waals surface area contributed by atoms with Crippen molar-refractivity contribution in [3.05, 3.63) is 71.4 Å². The zero-order chi connectivity index (χ0) is 22.1. The average molecular weight is 429 g/mol. The van der Waals surface area contributed by atoms with Gasteiger partial charge in [-0.1, -0.05) is 19.1 Å². The molecular formula is C21H21F2N5O3. The number of hydrogen-bond acceptors (Lipinski definition) is 7. The Hall–Kier alpha value is -3.24. The molecule has 1 aromatic carbocycles. The number of nitrogens with one attached hydrogen (secondary N) is 1. The molecule has 0 aliphatic heterocycles. The number of ketones is 1. The molecule has 10 heteroatoms. The van der Waals surface area contributed by atoms with Crippen LogP contribution in [0.2, 0.25) is 0 Å². The van der Waals surface area contributed by atoms with Crippen LogP contribution < -0.4 is 5.32 Å². The predicted molar refractivity (Wildman–Crippen MR) is 106 cm³/mol. The van der Waals surface area contributed by atoms with Gasteiger partial charge in [-0.15, -0.1) is 0 Å². The fourth-order valence-corrected chi connectivity index (χ4v) is 3.74. The molecule has 0 amide bonds. The van der Waals surface area contributed by atoms with Crippen molar-refractivity contribution in [2.75, 3.05) is 5.32 Å². The van der Waals surface area contributed by atoms with Crippen LogP contribution in [-0.2, 0) is 6.54 Å². The van der Waals surface area contributed by atoms with Crippen LogP contribution in [0.1, 0.15) is 35.0 Å². The van der Waals surface area contributed by atoms with Gasteiger partial charge in [-0.3, -0.25) is 9.48 Å². The molecule has 4 rings (SSSR count). The molecule has 31 heavy (non-hydrogen) atoms. The number of nitrogens with zero attached hydrogens (tertiary/aromatic N) is 4. The van der Waals surface area contributed by atoms with Crippen molar-refractivity contribution in [3.8, 4) is 0 Å². The smallest absolute Gasteiger partial charge is 0.218 e. The molecule has 1 fully saturated rings. The van der Waals surface area contributed by atoms with Crippen LogP contribution in [-0.4, -0.2) is 54.0 Å². The molecule has 0 bridgehead atoms. The van der Waals surface area contributed by atoms with Crippen molar-refractivity contribution in [1.29, 1.82) is 0 Å². The van der Waals surface area contributed by atoms with Crippen LogP contribution in [0.3, 0.4) is 0 Å². The van der Waals surface area contributed by atoms with Gasteiger partial charge in [-0.2, -0.15) is 5.10 Å². The van der Waals surface area contributed by atoms with E-state index in [4.69, 9.17) is 0 Å². The van der Waals surface area contributed by atoms with Crippen molar-refractivity contribution < 1.29 is 23.8 Å². The summed E-state index contributed by atoms with van der Waals surface area (Å²) in [6.07, 6.45) is 2.75. The van der Waals surface area contributed by atoms with E-state index in [0.29, 0.717) is 6.42 Å². The van der Waals surface area contributed by atoms with Gasteiger partial charge in [-0.05, 0) is 24.5 Å². The maximum absolute atomic E-state index is 13.9. The third kappa shape index (κ3) is 4.17. The zero-order valence-corrected chi connectivity index (χ0v) is 16.6. The average Bonchev–Trinajstić information content (AvgIpc) is 3.32. The zero-order valence-electron chi connectivity index (χ0n) is 16.6. The summed E-state index contributed by atoms with van der Waals surface area (Å²) in [7, 11) is 0. The number of hydrogen-bond donors (Lipinski definition) is 3. The molecule has 0 radical (unpaired) electrons. The highest BCUT2D eigenvalue weighted by Gasteiger charge is 2.39. The SMILES string of the molecule is C[C@@H]1C[C@@H](Nc2ncncc2C(=O)c2ccn(Cc3cccc(F)c3F)n2)[C@H](O)[C@@H]1O. The maximum atomic E-state index is 13.9. The van der Waals surface area contributed by atoms with Gasteiger partial charge in [0.2, 0.25) is 5.78 Å². The highest BCUT2D eigenvalue weighted by atomic mass is 19.2. The van der Waals surface area contributed by atoms with Crippen LogP contribution in [0.5, 0.6) is 0 Å². The number of carbonyl (C=O) groups is 1. The fraction of sp³-hybridized carbons (Fsp3) is 0.333. The molecule has 1 aliphatic rings. The number of aliphatic hydroxyl groups is 2. The number of carbonyl (C=O) groups excluding carboxylic acids is 1. The molecule has 3 N–H and O–H groups in total. The molecule has 3 aromatic rings. The van der Waals surface area contributed by atoms with E-state index in [-0.39, 0.29) is 35.1 Å². The van der Waals surface area contributed by atoms with Gasteiger partial charge in [0.25, 0.3) is 0 Å². The maximum Gasteiger partial charge on any atom is 0.218 e. The van der Waals surface area contributed by atoms with Gasteiger partial charge in [0, 0.05) is 18.0 Å². The molecule has 162 valence electrons. The van der Waals surface area contributed by atoms with Crippen molar-refractivity contribution >= 4 is 11.6 Å². The Morgan fingerprint density at radius 1 is 1.26 bits per heavy atom. The first-order chi connectivity index (χ1) is 14.8. The number of rotatable bonds is 6. The minimum absolute atomic E-state index is 0.0443. The minimum Gasteiger partial charge on any atom is -0.390 e. The highest BCUT2D eigenvalue weighted by Crippen LogP contribution is 2.29. The van der Waals surface area contributed by atoms with Gasteiger partial charge < -0.3 is 15.5 Å². The first-order valence-electron chi connectivity index (χ1n) is 9.79. The van der Waals surface area contributed by atoms with E-state index in [1.807, 2.05) is 6.92 Å². The summed E-state index contributed by atoms with van der Waals surface area (Å²) in [6, 6.07) is 4.86. The summed E-state index contributed by atoms with van der Waals surface area (Å²) < 4.78 is 28.6. The van der Waals surface area contributed by atoms with E-state index >= 15 is 0 Å². The number of aromatic nitrogens is 4. The first kappa shape index (κ1) is 21.0. The van der Waals surface area contributed by atoms with E-state index in [0.717, 1.165) is 6.07 Å². The summed E-state index contributed by atoms with van der Waals surface area (Å²) >= 11 is 0. The third-order valence-corrected chi connectivity index (χ3v) is 5.49. The quantitative estimate of drug-likeness (QED) is 0.512. The monoisotopic (exact) mass is 429 g/mol. The van der Waals surface area contributed by atoms with Crippen LogP contribution in [0.25, 0.3) is 0 Å². The third-order valence-electron chi connectivity index (χ3n) is 5.49. The summed E-state index contributed by atoms with van der Waals surface area (Å²) in [5, 5.41) is 27.4. The van der Waals surface area contributed by atoms with Gasteiger partial charge in [0.05, 0.1) is 24.3 Å². The number of anilines is 1. The second-order valence-corrected chi connectivity index (χ2v) is 7.67. The lowest BCUT2D eigenvalue weighted by Crippen LogP contribution is -2.35. The van der Waals surface area contributed by atoms with Crippen LogP contribution in [0.15, 0.2) is 43.0 Å². The van der Waals surface area contributed by atoms with Gasteiger partial charge in [-0.25, -0.2) is 18.7 Å². The Bertz CT molecular complexity index is 1110. The Morgan fingerprint density at radius 2 is 2.06 bits per heavy atom.